The molecule has 7 heteroatoms. The van der Waals surface area contributed by atoms with E-state index in [1.807, 2.05) is 22.6 Å². The van der Waals surface area contributed by atoms with Gasteiger partial charge < -0.3 is 14.0 Å². The van der Waals surface area contributed by atoms with E-state index in [0.29, 0.717) is 36.3 Å². The van der Waals surface area contributed by atoms with Crippen molar-refractivity contribution in [2.45, 2.75) is 38.3 Å². The van der Waals surface area contributed by atoms with E-state index in [4.69, 9.17) is 11.6 Å². The number of rotatable bonds is 3. The number of pyridine rings is 1. The predicted octanol–water partition coefficient (Wildman–Crippen LogP) is 2.70. The van der Waals surface area contributed by atoms with Gasteiger partial charge in [-0.15, -0.1) is 0 Å². The lowest BCUT2D eigenvalue weighted by Crippen LogP contribution is -2.49. The Balaban J connectivity index is 1.39. The van der Waals surface area contributed by atoms with Gasteiger partial charge in [0.1, 0.15) is 5.69 Å². The van der Waals surface area contributed by atoms with Crippen LogP contribution in [0.15, 0.2) is 29.2 Å². The maximum atomic E-state index is 13.2. The summed E-state index contributed by atoms with van der Waals surface area (Å²) in [5.74, 6) is 0.562. The van der Waals surface area contributed by atoms with Crippen LogP contribution in [0.3, 0.4) is 0 Å². The number of halogens is 1. The number of hydrogen-bond donors (Lipinski definition) is 0. The third kappa shape index (κ3) is 3.42. The average molecular weight is 415 g/mol. The first-order valence-electron chi connectivity index (χ1n) is 10.6. The minimum absolute atomic E-state index is 0.0237. The van der Waals surface area contributed by atoms with Crippen LogP contribution in [0.25, 0.3) is 0 Å². The Morgan fingerprint density at radius 3 is 2.69 bits per heavy atom. The molecule has 0 spiro atoms. The number of amides is 1. The smallest absolute Gasteiger partial charge is 0.270 e. The summed E-state index contributed by atoms with van der Waals surface area (Å²) in [5.41, 5.74) is 2.77. The van der Waals surface area contributed by atoms with Gasteiger partial charge in [-0.2, -0.15) is 0 Å². The van der Waals surface area contributed by atoms with E-state index >= 15 is 0 Å². The molecule has 2 saturated heterocycles. The summed E-state index contributed by atoms with van der Waals surface area (Å²) < 4.78 is 3.78. The molecule has 2 bridgehead atoms. The molecule has 0 radical (unpaired) electrons. The molecular weight excluding hydrogens is 388 g/mol. The second kappa shape index (κ2) is 7.33. The second-order valence-electron chi connectivity index (χ2n) is 8.85. The summed E-state index contributed by atoms with van der Waals surface area (Å²) in [6.45, 7) is 4.99. The van der Waals surface area contributed by atoms with E-state index in [-0.39, 0.29) is 17.4 Å². The van der Waals surface area contributed by atoms with Gasteiger partial charge in [0.15, 0.2) is 0 Å². The number of aromatic nitrogens is 2. The van der Waals surface area contributed by atoms with Crippen molar-refractivity contribution >= 4 is 17.5 Å². The predicted molar refractivity (Wildman–Crippen MR) is 112 cm³/mol. The van der Waals surface area contributed by atoms with Gasteiger partial charge in [0.25, 0.3) is 11.5 Å². The fourth-order valence-corrected chi connectivity index (χ4v) is 5.61. The number of piperidine rings is 1. The van der Waals surface area contributed by atoms with Gasteiger partial charge in [-0.3, -0.25) is 14.5 Å². The van der Waals surface area contributed by atoms with Crippen molar-refractivity contribution in [2.75, 3.05) is 26.2 Å². The molecule has 2 fully saturated rings. The third-order valence-corrected chi connectivity index (χ3v) is 6.96. The Hall–Kier alpha value is -2.05. The van der Waals surface area contributed by atoms with Crippen LogP contribution < -0.4 is 5.56 Å². The van der Waals surface area contributed by atoms with Crippen molar-refractivity contribution in [1.82, 2.24) is 18.9 Å². The lowest BCUT2D eigenvalue weighted by atomic mass is 9.83. The topological polar surface area (TPSA) is 50.5 Å². The largest absolute Gasteiger partial charge is 0.345 e. The maximum Gasteiger partial charge on any atom is 0.270 e. The minimum atomic E-state index is 0.0237. The Labute approximate surface area is 175 Å². The summed E-state index contributed by atoms with van der Waals surface area (Å²) in [6.07, 6.45) is 5.26. The minimum Gasteiger partial charge on any atom is -0.345 e. The standard InChI is InChI=1S/C22H27ClN4O2/c1-24-14-18(23)9-20(24)22(29)26-10-15-8-17(13-26)19-5-4-16(21(28)27(19)11-15)12-25-6-2-3-7-25/h4-5,9,14-15,17H,2-3,6-8,10-13H2,1H3/t15-,17+/m0/s1. The lowest BCUT2D eigenvalue weighted by Gasteiger charge is -2.43. The number of aryl methyl sites for hydroxylation is 1. The fourth-order valence-electron chi connectivity index (χ4n) is 5.36. The maximum absolute atomic E-state index is 13.2. The van der Waals surface area contributed by atoms with Crippen molar-refractivity contribution in [3.63, 3.8) is 0 Å². The zero-order valence-electron chi connectivity index (χ0n) is 16.8. The highest BCUT2D eigenvalue weighted by Gasteiger charge is 2.37. The molecule has 0 unspecified atom stereocenters. The van der Waals surface area contributed by atoms with E-state index in [1.165, 1.54) is 12.8 Å². The van der Waals surface area contributed by atoms with Crippen LogP contribution in [0.1, 0.15) is 46.9 Å². The summed E-state index contributed by atoms with van der Waals surface area (Å²) in [5, 5.41) is 0.579. The molecule has 3 aliphatic heterocycles. The summed E-state index contributed by atoms with van der Waals surface area (Å²) >= 11 is 6.07. The van der Waals surface area contributed by atoms with Crippen LogP contribution in [0.5, 0.6) is 0 Å². The fraction of sp³-hybridized carbons (Fsp3) is 0.545. The molecule has 2 aromatic heterocycles. The van der Waals surface area contributed by atoms with Gasteiger partial charge in [-0.25, -0.2) is 0 Å². The van der Waals surface area contributed by atoms with Crippen LogP contribution in [0.4, 0.5) is 0 Å². The van der Waals surface area contributed by atoms with Gasteiger partial charge in [-0.05, 0) is 50.4 Å². The highest BCUT2D eigenvalue weighted by molar-refractivity contribution is 6.31. The van der Waals surface area contributed by atoms with Gasteiger partial charge >= 0.3 is 0 Å². The number of carbonyl (C=O) groups is 1. The molecule has 0 saturated carbocycles. The van der Waals surface area contributed by atoms with E-state index < -0.39 is 0 Å². The van der Waals surface area contributed by atoms with Gasteiger partial charge in [0.05, 0.1) is 5.02 Å². The Morgan fingerprint density at radius 2 is 1.97 bits per heavy atom. The molecule has 6 nitrogen and oxygen atoms in total. The number of fused-ring (bicyclic) bond motifs is 4. The van der Waals surface area contributed by atoms with Crippen molar-refractivity contribution in [3.05, 3.63) is 56.7 Å². The molecule has 0 N–H and O–H groups in total. The molecule has 2 aromatic rings. The second-order valence-corrected chi connectivity index (χ2v) is 9.28. The van der Waals surface area contributed by atoms with Crippen LogP contribution in [0, 0.1) is 5.92 Å². The van der Waals surface area contributed by atoms with Crippen LogP contribution >= 0.6 is 11.6 Å². The van der Waals surface area contributed by atoms with Crippen molar-refractivity contribution in [2.24, 2.45) is 13.0 Å². The van der Waals surface area contributed by atoms with Gasteiger partial charge in [0, 0.05) is 56.6 Å². The SMILES string of the molecule is Cn1cc(Cl)cc1C(=O)N1C[C@@H]2C[C@H](C1)c1ccc(CN3CCCC3)c(=O)n1C2. The molecule has 29 heavy (non-hydrogen) atoms. The zero-order chi connectivity index (χ0) is 20.1. The molecule has 0 aliphatic carbocycles. The Morgan fingerprint density at radius 1 is 1.17 bits per heavy atom. The monoisotopic (exact) mass is 414 g/mol. The summed E-state index contributed by atoms with van der Waals surface area (Å²) in [4.78, 5) is 30.5. The normalized spacial score (nSPS) is 24.0. The molecule has 1 amide bonds. The van der Waals surface area contributed by atoms with Crippen molar-refractivity contribution in [3.8, 4) is 0 Å². The molecule has 5 heterocycles. The molecule has 2 atom stereocenters. The van der Waals surface area contributed by atoms with E-state index in [2.05, 4.69) is 11.0 Å². The van der Waals surface area contributed by atoms with E-state index in [0.717, 1.165) is 37.3 Å². The van der Waals surface area contributed by atoms with Gasteiger partial charge in [0.2, 0.25) is 0 Å². The molecule has 3 aliphatic rings. The first kappa shape index (κ1) is 18.9. The highest BCUT2D eigenvalue weighted by Crippen LogP contribution is 2.36. The first-order chi connectivity index (χ1) is 14.0. The van der Waals surface area contributed by atoms with Crippen LogP contribution in [-0.4, -0.2) is 51.0 Å². The van der Waals surface area contributed by atoms with E-state index in [1.54, 1.807) is 16.8 Å². The number of hydrogen-bond acceptors (Lipinski definition) is 3. The van der Waals surface area contributed by atoms with Gasteiger partial charge in [-0.1, -0.05) is 17.7 Å². The van der Waals surface area contributed by atoms with Crippen LogP contribution in [0.2, 0.25) is 5.02 Å². The molecule has 154 valence electrons. The number of nitrogens with zero attached hydrogens (tertiary/aromatic N) is 4. The van der Waals surface area contributed by atoms with E-state index in [9.17, 15) is 9.59 Å². The first-order valence-corrected chi connectivity index (χ1v) is 10.9. The van der Waals surface area contributed by atoms with Crippen molar-refractivity contribution in [1.29, 1.82) is 0 Å². The van der Waals surface area contributed by atoms with Crippen LogP contribution in [-0.2, 0) is 20.1 Å². The zero-order valence-corrected chi connectivity index (χ0v) is 17.6. The number of likely N-dealkylation sites (tertiary alicyclic amines) is 2. The summed E-state index contributed by atoms with van der Waals surface area (Å²) in [6, 6.07) is 5.88. The summed E-state index contributed by atoms with van der Waals surface area (Å²) in [7, 11) is 1.85. The Kier molecular flexibility index (Phi) is 4.79. The molecular formula is C22H27ClN4O2. The Bertz CT molecular complexity index is 1000. The third-order valence-electron chi connectivity index (χ3n) is 6.75. The van der Waals surface area contributed by atoms with Crippen molar-refractivity contribution < 1.29 is 4.79 Å². The quantitative estimate of drug-likeness (QED) is 0.775. The lowest BCUT2D eigenvalue weighted by molar-refractivity contribution is 0.0584. The average Bonchev–Trinajstić information content (AvgIpc) is 3.32. The molecule has 0 aromatic carbocycles. The highest BCUT2D eigenvalue weighted by atomic mass is 35.5. The number of carbonyl (C=O) groups excluding carboxylic acids is 1. The molecule has 5 rings (SSSR count).